The summed E-state index contributed by atoms with van der Waals surface area (Å²) >= 11 is 1.59. The van der Waals surface area contributed by atoms with Gasteiger partial charge in [0.15, 0.2) is 0 Å². The van der Waals surface area contributed by atoms with Crippen LogP contribution in [0.5, 0.6) is 0 Å². The third-order valence-corrected chi connectivity index (χ3v) is 6.28. The van der Waals surface area contributed by atoms with E-state index in [0.29, 0.717) is 29.8 Å². The van der Waals surface area contributed by atoms with Gasteiger partial charge < -0.3 is 15.5 Å². The third kappa shape index (κ3) is 3.27. The first-order valence-corrected chi connectivity index (χ1v) is 10.7. The first-order valence-electron chi connectivity index (χ1n) is 9.74. The van der Waals surface area contributed by atoms with Crippen molar-refractivity contribution in [2.24, 2.45) is 0 Å². The number of carbonyl (C=O) groups is 3. The van der Waals surface area contributed by atoms with Crippen LogP contribution in [0.1, 0.15) is 27.1 Å². The van der Waals surface area contributed by atoms with Gasteiger partial charge in [-0.1, -0.05) is 24.3 Å². The molecule has 7 heteroatoms. The number of benzene rings is 2. The van der Waals surface area contributed by atoms with Crippen molar-refractivity contribution in [1.29, 1.82) is 0 Å². The smallest absolute Gasteiger partial charge is 0.256 e. The summed E-state index contributed by atoms with van der Waals surface area (Å²) in [5.74, 6) is -0.616. The molecule has 0 spiro atoms. The highest BCUT2D eigenvalue weighted by Crippen LogP contribution is 2.32. The molecule has 1 aromatic heterocycles. The molecule has 3 heterocycles. The largest absolute Gasteiger partial charge is 0.347 e. The third-order valence-electron chi connectivity index (χ3n) is 5.60. The minimum Gasteiger partial charge on any atom is -0.347 e. The van der Waals surface area contributed by atoms with Crippen LogP contribution in [0.25, 0.3) is 11.1 Å². The molecule has 3 amide bonds. The molecule has 2 atom stereocenters. The Hall–Kier alpha value is -3.45. The average molecular weight is 417 g/mol. The zero-order valence-electron chi connectivity index (χ0n) is 16.0. The zero-order chi connectivity index (χ0) is 20.7. The van der Waals surface area contributed by atoms with E-state index in [1.54, 1.807) is 46.6 Å². The summed E-state index contributed by atoms with van der Waals surface area (Å²) in [6.07, 6.45) is 0.390. The van der Waals surface area contributed by atoms with Crippen LogP contribution in [-0.4, -0.2) is 41.2 Å². The van der Waals surface area contributed by atoms with E-state index in [1.807, 2.05) is 35.0 Å². The SMILES string of the molecule is O=C(N[C@H]1C[C@H]2C(=O)Nc3ccc(-c4ccsc4)cc3C(=O)N2C1)c1ccccc1. The molecule has 0 saturated carbocycles. The maximum atomic E-state index is 13.3. The van der Waals surface area contributed by atoms with Crippen LogP contribution >= 0.6 is 11.3 Å². The van der Waals surface area contributed by atoms with Crippen molar-refractivity contribution in [2.75, 3.05) is 11.9 Å². The van der Waals surface area contributed by atoms with E-state index >= 15 is 0 Å². The van der Waals surface area contributed by atoms with Gasteiger partial charge in [0.1, 0.15) is 6.04 Å². The summed E-state index contributed by atoms with van der Waals surface area (Å²) in [7, 11) is 0. The summed E-state index contributed by atoms with van der Waals surface area (Å²) in [5, 5.41) is 9.86. The van der Waals surface area contributed by atoms with Gasteiger partial charge in [0.25, 0.3) is 11.8 Å². The lowest BCUT2D eigenvalue weighted by molar-refractivity contribution is -0.119. The van der Waals surface area contributed by atoms with Crippen molar-refractivity contribution in [3.63, 3.8) is 0 Å². The standard InChI is InChI=1S/C23H19N3O3S/c27-21(14-4-2-1-3-5-14)24-17-11-20-22(28)25-19-7-6-15(16-8-9-30-13-16)10-18(19)23(29)26(20)12-17/h1-10,13,17,20H,11-12H2,(H,24,27)(H,25,28)/t17-,20-/m0/s1. The number of hydrogen-bond acceptors (Lipinski definition) is 4. The van der Waals surface area contributed by atoms with Crippen molar-refractivity contribution in [3.8, 4) is 11.1 Å². The predicted octanol–water partition coefficient (Wildman–Crippen LogP) is 3.38. The topological polar surface area (TPSA) is 78.5 Å². The van der Waals surface area contributed by atoms with Gasteiger partial charge in [0.2, 0.25) is 5.91 Å². The lowest BCUT2D eigenvalue weighted by Gasteiger charge is -2.20. The molecular weight excluding hydrogens is 398 g/mol. The number of hydrogen-bond donors (Lipinski definition) is 2. The number of amides is 3. The molecule has 0 unspecified atom stereocenters. The molecule has 2 aromatic carbocycles. The zero-order valence-corrected chi connectivity index (χ0v) is 16.8. The van der Waals surface area contributed by atoms with E-state index in [-0.39, 0.29) is 23.8 Å². The average Bonchev–Trinajstić information content (AvgIpc) is 3.43. The molecule has 1 fully saturated rings. The first kappa shape index (κ1) is 18.6. The minimum absolute atomic E-state index is 0.193. The fourth-order valence-electron chi connectivity index (χ4n) is 4.08. The lowest BCUT2D eigenvalue weighted by atomic mass is 10.0. The number of carbonyl (C=O) groups excluding carboxylic acids is 3. The number of fused-ring (bicyclic) bond motifs is 2. The summed E-state index contributed by atoms with van der Waals surface area (Å²) in [6, 6.07) is 15.6. The van der Waals surface area contributed by atoms with Crippen LogP contribution in [-0.2, 0) is 4.79 Å². The molecule has 2 aliphatic heterocycles. The second kappa shape index (κ2) is 7.42. The van der Waals surface area contributed by atoms with Gasteiger partial charge in [-0.2, -0.15) is 11.3 Å². The Morgan fingerprint density at radius 2 is 1.90 bits per heavy atom. The van der Waals surface area contributed by atoms with E-state index in [4.69, 9.17) is 0 Å². The Morgan fingerprint density at radius 1 is 1.07 bits per heavy atom. The van der Waals surface area contributed by atoms with Crippen LogP contribution in [0.3, 0.4) is 0 Å². The molecule has 2 aliphatic rings. The van der Waals surface area contributed by atoms with E-state index in [2.05, 4.69) is 10.6 Å². The van der Waals surface area contributed by atoms with Crippen molar-refractivity contribution < 1.29 is 14.4 Å². The lowest BCUT2D eigenvalue weighted by Crippen LogP contribution is -2.41. The Kier molecular flexibility index (Phi) is 4.59. The molecule has 5 rings (SSSR count). The maximum Gasteiger partial charge on any atom is 0.256 e. The van der Waals surface area contributed by atoms with Crippen LogP contribution in [0.4, 0.5) is 5.69 Å². The van der Waals surface area contributed by atoms with Gasteiger partial charge in [0, 0.05) is 18.2 Å². The van der Waals surface area contributed by atoms with Gasteiger partial charge in [-0.25, -0.2) is 0 Å². The van der Waals surface area contributed by atoms with Gasteiger partial charge in [-0.05, 0) is 58.6 Å². The normalized spacial score (nSPS) is 20.2. The highest BCUT2D eigenvalue weighted by atomic mass is 32.1. The van der Waals surface area contributed by atoms with Crippen molar-refractivity contribution >= 4 is 34.7 Å². The Bertz CT molecular complexity index is 1130. The monoisotopic (exact) mass is 417 g/mol. The summed E-state index contributed by atoms with van der Waals surface area (Å²) in [5.41, 5.74) is 3.54. The van der Waals surface area contributed by atoms with Gasteiger partial charge in [-0.3, -0.25) is 14.4 Å². The quantitative estimate of drug-likeness (QED) is 0.686. The van der Waals surface area contributed by atoms with Crippen LogP contribution in [0, 0.1) is 0 Å². The fraction of sp³-hybridized carbons (Fsp3) is 0.174. The molecular formula is C23H19N3O3S. The van der Waals surface area contributed by atoms with Crippen molar-refractivity contribution in [3.05, 3.63) is 76.5 Å². The van der Waals surface area contributed by atoms with Crippen LogP contribution < -0.4 is 10.6 Å². The molecule has 2 N–H and O–H groups in total. The van der Waals surface area contributed by atoms with Crippen LogP contribution in [0.2, 0.25) is 0 Å². The number of nitrogens with zero attached hydrogens (tertiary/aromatic N) is 1. The Morgan fingerprint density at radius 3 is 2.67 bits per heavy atom. The van der Waals surface area contributed by atoms with Gasteiger partial charge in [0.05, 0.1) is 11.3 Å². The maximum absolute atomic E-state index is 13.3. The van der Waals surface area contributed by atoms with Crippen molar-refractivity contribution in [1.82, 2.24) is 10.2 Å². The van der Waals surface area contributed by atoms with E-state index in [9.17, 15) is 14.4 Å². The molecule has 6 nitrogen and oxygen atoms in total. The number of nitrogens with one attached hydrogen (secondary N) is 2. The fourth-order valence-corrected chi connectivity index (χ4v) is 4.75. The van der Waals surface area contributed by atoms with E-state index in [0.717, 1.165) is 11.1 Å². The molecule has 150 valence electrons. The molecule has 0 bridgehead atoms. The second-order valence-corrected chi connectivity index (χ2v) is 8.29. The summed E-state index contributed by atoms with van der Waals surface area (Å²) in [6.45, 7) is 0.303. The highest BCUT2D eigenvalue weighted by Gasteiger charge is 2.43. The Labute approximate surface area is 177 Å². The minimum atomic E-state index is -0.601. The van der Waals surface area contributed by atoms with Crippen molar-refractivity contribution in [2.45, 2.75) is 18.5 Å². The number of anilines is 1. The van der Waals surface area contributed by atoms with Gasteiger partial charge in [-0.15, -0.1) is 0 Å². The number of rotatable bonds is 3. The predicted molar refractivity (Wildman–Crippen MR) is 116 cm³/mol. The molecule has 1 saturated heterocycles. The first-order chi connectivity index (χ1) is 14.6. The number of thiophene rings is 1. The van der Waals surface area contributed by atoms with E-state index in [1.165, 1.54) is 0 Å². The summed E-state index contributed by atoms with van der Waals surface area (Å²) < 4.78 is 0. The van der Waals surface area contributed by atoms with Gasteiger partial charge >= 0.3 is 0 Å². The van der Waals surface area contributed by atoms with E-state index < -0.39 is 6.04 Å². The molecule has 0 aliphatic carbocycles. The molecule has 0 radical (unpaired) electrons. The molecule has 30 heavy (non-hydrogen) atoms. The van der Waals surface area contributed by atoms with Crippen LogP contribution in [0.15, 0.2) is 65.4 Å². The Balaban J connectivity index is 1.40. The molecule has 3 aromatic rings. The summed E-state index contributed by atoms with van der Waals surface area (Å²) in [4.78, 5) is 40.2. The highest BCUT2D eigenvalue weighted by molar-refractivity contribution is 7.08. The second-order valence-electron chi connectivity index (χ2n) is 7.51.